The van der Waals surface area contributed by atoms with Gasteiger partial charge in [0.25, 0.3) is 5.91 Å². The molecule has 3 aliphatic rings. The zero-order chi connectivity index (χ0) is 25.4. The number of fused-ring (bicyclic) bond motifs is 1. The van der Waals surface area contributed by atoms with Crippen molar-refractivity contribution in [1.82, 2.24) is 30.2 Å². The molecule has 3 fully saturated rings. The third kappa shape index (κ3) is 5.87. The predicted octanol–water partition coefficient (Wildman–Crippen LogP) is 3.79. The van der Waals surface area contributed by atoms with Crippen LogP contribution >= 0.6 is 11.6 Å². The lowest BCUT2D eigenvalue weighted by Crippen LogP contribution is -2.45. The lowest BCUT2D eigenvalue weighted by Gasteiger charge is -2.30. The fourth-order valence-corrected chi connectivity index (χ4v) is 4.83. The van der Waals surface area contributed by atoms with Crippen molar-refractivity contribution in [2.75, 3.05) is 16.0 Å². The van der Waals surface area contributed by atoms with E-state index in [9.17, 15) is 9.59 Å². The molecule has 0 unspecified atom stereocenters. The second-order valence-corrected chi connectivity index (χ2v) is 10.5. The Morgan fingerprint density at radius 3 is 2.19 bits per heavy atom. The molecule has 3 aliphatic carbocycles. The molecule has 6 rings (SSSR count). The zero-order valence-corrected chi connectivity index (χ0v) is 21.1. The Labute approximate surface area is 219 Å². The van der Waals surface area contributed by atoms with Crippen LogP contribution in [0.4, 0.5) is 22.0 Å². The van der Waals surface area contributed by atoms with Gasteiger partial charge in [-0.2, -0.15) is 0 Å². The standard InChI is InChI=1S/C25H30ClN9O2/c26-21-11-18(9-10-27-21)31-24(36)20-13-28-23-19(29-14-1-2-14)12-22(34-35(20)23)30-15-3-5-16(6-4-15)32-25(37)33-17-7-8-17/h9-17,29H,1-8H2,(H,30,34)(H,27,31,36)(H2,32,33,37). The van der Waals surface area contributed by atoms with Gasteiger partial charge in [0.05, 0.1) is 11.9 Å². The van der Waals surface area contributed by atoms with E-state index in [1.807, 2.05) is 6.07 Å². The molecule has 0 aromatic carbocycles. The van der Waals surface area contributed by atoms with Crippen molar-refractivity contribution >= 4 is 46.4 Å². The summed E-state index contributed by atoms with van der Waals surface area (Å²) in [5.41, 5.74) is 2.31. The van der Waals surface area contributed by atoms with Gasteiger partial charge < -0.3 is 26.6 Å². The molecule has 3 aromatic rings. The van der Waals surface area contributed by atoms with E-state index in [2.05, 4.69) is 36.6 Å². The minimum atomic E-state index is -0.340. The van der Waals surface area contributed by atoms with Gasteiger partial charge in [0.2, 0.25) is 0 Å². The normalized spacial score (nSPS) is 21.3. The SMILES string of the molecule is O=C(NC1CC1)NC1CCC(Nc2cc(NC3CC3)c3ncc(C(=O)Nc4ccnc(Cl)c4)n3n2)CC1. The molecule has 194 valence electrons. The first kappa shape index (κ1) is 23.8. The summed E-state index contributed by atoms with van der Waals surface area (Å²) < 4.78 is 1.58. The molecular weight excluding hydrogens is 494 g/mol. The van der Waals surface area contributed by atoms with Crippen LogP contribution in [-0.4, -0.2) is 55.7 Å². The van der Waals surface area contributed by atoms with E-state index in [0.717, 1.165) is 57.1 Å². The average Bonchev–Trinajstić information content (AvgIpc) is 3.80. The van der Waals surface area contributed by atoms with Crippen LogP contribution in [0.1, 0.15) is 61.9 Å². The quantitative estimate of drug-likeness (QED) is 0.283. The van der Waals surface area contributed by atoms with Gasteiger partial charge in [0, 0.05) is 42.1 Å². The minimum Gasteiger partial charge on any atom is -0.379 e. The van der Waals surface area contributed by atoms with Crippen LogP contribution < -0.4 is 26.6 Å². The molecule has 0 atom stereocenters. The van der Waals surface area contributed by atoms with E-state index in [4.69, 9.17) is 16.7 Å². The highest BCUT2D eigenvalue weighted by Gasteiger charge is 2.28. The molecule has 3 amide bonds. The number of nitrogens with zero attached hydrogens (tertiary/aromatic N) is 4. The van der Waals surface area contributed by atoms with Gasteiger partial charge in [-0.05, 0) is 63.5 Å². The molecule has 11 nitrogen and oxygen atoms in total. The Hall–Kier alpha value is -3.60. The second kappa shape index (κ2) is 10.0. The number of nitrogens with one attached hydrogen (secondary N) is 5. The van der Waals surface area contributed by atoms with E-state index in [-0.39, 0.29) is 24.0 Å². The highest BCUT2D eigenvalue weighted by molar-refractivity contribution is 6.29. The Morgan fingerprint density at radius 2 is 1.51 bits per heavy atom. The number of pyridine rings is 1. The molecule has 0 aliphatic heterocycles. The fourth-order valence-electron chi connectivity index (χ4n) is 4.65. The van der Waals surface area contributed by atoms with Crippen molar-refractivity contribution < 1.29 is 9.59 Å². The summed E-state index contributed by atoms with van der Waals surface area (Å²) in [6, 6.07) is 6.36. The molecule has 0 spiro atoms. The Balaban J connectivity index is 1.16. The molecule has 0 saturated heterocycles. The van der Waals surface area contributed by atoms with E-state index in [1.165, 1.54) is 12.4 Å². The Bertz CT molecular complexity index is 1310. The third-order valence-electron chi connectivity index (χ3n) is 6.95. The number of urea groups is 1. The number of halogens is 1. The summed E-state index contributed by atoms with van der Waals surface area (Å²) in [5, 5.41) is 21.0. The van der Waals surface area contributed by atoms with Crippen molar-refractivity contribution in [3.05, 3.63) is 41.4 Å². The second-order valence-electron chi connectivity index (χ2n) is 10.1. The van der Waals surface area contributed by atoms with Crippen LogP contribution in [0.2, 0.25) is 5.15 Å². The smallest absolute Gasteiger partial charge is 0.315 e. The van der Waals surface area contributed by atoms with Crippen LogP contribution in [-0.2, 0) is 0 Å². The summed E-state index contributed by atoms with van der Waals surface area (Å²) >= 11 is 5.96. The van der Waals surface area contributed by atoms with Crippen molar-refractivity contribution in [1.29, 1.82) is 0 Å². The summed E-state index contributed by atoms with van der Waals surface area (Å²) in [7, 11) is 0. The number of hydrogen-bond donors (Lipinski definition) is 5. The molecule has 0 bridgehead atoms. The van der Waals surface area contributed by atoms with Gasteiger partial charge in [-0.1, -0.05) is 11.6 Å². The van der Waals surface area contributed by atoms with Crippen LogP contribution in [0.5, 0.6) is 0 Å². The third-order valence-corrected chi connectivity index (χ3v) is 7.16. The van der Waals surface area contributed by atoms with Gasteiger partial charge in [-0.15, -0.1) is 5.10 Å². The number of hydrogen-bond acceptors (Lipinski definition) is 7. The average molecular weight is 524 g/mol. The molecule has 3 aromatic heterocycles. The lowest BCUT2D eigenvalue weighted by atomic mass is 9.91. The highest BCUT2D eigenvalue weighted by Crippen LogP contribution is 2.30. The first-order chi connectivity index (χ1) is 18.0. The minimum absolute atomic E-state index is 0.0539. The van der Waals surface area contributed by atoms with Crippen molar-refractivity contribution in [2.24, 2.45) is 0 Å². The van der Waals surface area contributed by atoms with E-state index < -0.39 is 0 Å². The van der Waals surface area contributed by atoms with Crippen LogP contribution in [0.15, 0.2) is 30.6 Å². The molecule has 3 saturated carbocycles. The number of imidazole rings is 1. The number of amides is 3. The van der Waals surface area contributed by atoms with Gasteiger partial charge in [-0.25, -0.2) is 19.3 Å². The molecule has 0 radical (unpaired) electrons. The van der Waals surface area contributed by atoms with Gasteiger partial charge in [0.1, 0.15) is 11.0 Å². The fraction of sp³-hybridized carbons (Fsp3) is 0.480. The number of aromatic nitrogens is 4. The monoisotopic (exact) mass is 523 g/mol. The van der Waals surface area contributed by atoms with E-state index >= 15 is 0 Å². The van der Waals surface area contributed by atoms with E-state index in [0.29, 0.717) is 40.1 Å². The highest BCUT2D eigenvalue weighted by atomic mass is 35.5. The summed E-state index contributed by atoms with van der Waals surface area (Å²) in [4.78, 5) is 33.6. The maximum absolute atomic E-state index is 13.1. The van der Waals surface area contributed by atoms with Crippen molar-refractivity contribution in [2.45, 2.75) is 75.5 Å². The number of carbonyl (C=O) groups excluding carboxylic acids is 2. The zero-order valence-electron chi connectivity index (χ0n) is 20.3. The van der Waals surface area contributed by atoms with E-state index in [1.54, 1.807) is 16.6 Å². The molecule has 3 heterocycles. The predicted molar refractivity (Wildman–Crippen MR) is 141 cm³/mol. The van der Waals surface area contributed by atoms with Crippen LogP contribution in [0.3, 0.4) is 0 Å². The van der Waals surface area contributed by atoms with Gasteiger partial charge in [0.15, 0.2) is 11.3 Å². The van der Waals surface area contributed by atoms with Crippen LogP contribution in [0.25, 0.3) is 5.65 Å². The summed E-state index contributed by atoms with van der Waals surface area (Å²) in [5.74, 6) is 0.338. The summed E-state index contributed by atoms with van der Waals surface area (Å²) in [6.07, 6.45) is 11.1. The Kier molecular flexibility index (Phi) is 6.45. The molecule has 12 heteroatoms. The molecule has 37 heavy (non-hydrogen) atoms. The number of rotatable bonds is 8. The first-order valence-corrected chi connectivity index (χ1v) is 13.3. The molecular formula is C25H30ClN9O2. The largest absolute Gasteiger partial charge is 0.379 e. The number of carbonyl (C=O) groups is 2. The summed E-state index contributed by atoms with van der Waals surface area (Å²) in [6.45, 7) is 0. The first-order valence-electron chi connectivity index (χ1n) is 12.9. The van der Waals surface area contributed by atoms with Crippen LogP contribution in [0, 0.1) is 0 Å². The topological polar surface area (TPSA) is 137 Å². The lowest BCUT2D eigenvalue weighted by molar-refractivity contribution is 0.102. The van der Waals surface area contributed by atoms with Gasteiger partial charge >= 0.3 is 6.03 Å². The maximum Gasteiger partial charge on any atom is 0.315 e. The Morgan fingerprint density at radius 1 is 0.865 bits per heavy atom. The number of anilines is 3. The van der Waals surface area contributed by atoms with Crippen molar-refractivity contribution in [3.8, 4) is 0 Å². The maximum atomic E-state index is 13.1. The van der Waals surface area contributed by atoms with Crippen molar-refractivity contribution in [3.63, 3.8) is 0 Å². The molecule has 5 N–H and O–H groups in total. The van der Waals surface area contributed by atoms with Gasteiger partial charge in [-0.3, -0.25) is 4.79 Å².